The van der Waals surface area contributed by atoms with Gasteiger partial charge in [0, 0.05) is 0 Å². The summed E-state index contributed by atoms with van der Waals surface area (Å²) < 4.78 is 4.42. The third kappa shape index (κ3) is 13.6. The Labute approximate surface area is 127 Å². The zero-order valence-corrected chi connectivity index (χ0v) is 13.2. The second-order valence-corrected chi connectivity index (χ2v) is 5.53. The standard InChI is InChI=1S/C16H30O5/c1-2-3-4-5-6-7-8-9-10-11-12-14(17)13-21-16(20)15(18)19/h14,17H,2-13H2,1H3,(H,18,19). The van der Waals surface area contributed by atoms with Gasteiger partial charge in [0.2, 0.25) is 0 Å². The van der Waals surface area contributed by atoms with Gasteiger partial charge in [0.05, 0.1) is 6.10 Å². The van der Waals surface area contributed by atoms with Gasteiger partial charge in [-0.25, -0.2) is 9.59 Å². The molecule has 0 aromatic carbocycles. The van der Waals surface area contributed by atoms with Gasteiger partial charge in [-0.05, 0) is 6.42 Å². The molecule has 0 aromatic heterocycles. The molecule has 0 spiro atoms. The average Bonchev–Trinajstić information content (AvgIpc) is 2.46. The van der Waals surface area contributed by atoms with Crippen molar-refractivity contribution in [3.8, 4) is 0 Å². The number of carboxylic acid groups (broad SMARTS) is 1. The number of hydrogen-bond acceptors (Lipinski definition) is 4. The van der Waals surface area contributed by atoms with E-state index in [0.29, 0.717) is 6.42 Å². The summed E-state index contributed by atoms with van der Waals surface area (Å²) in [6.07, 6.45) is 12.0. The molecule has 1 unspecified atom stereocenters. The van der Waals surface area contributed by atoms with Crippen LogP contribution in [0.2, 0.25) is 0 Å². The van der Waals surface area contributed by atoms with E-state index in [4.69, 9.17) is 5.11 Å². The van der Waals surface area contributed by atoms with Crippen molar-refractivity contribution in [1.82, 2.24) is 0 Å². The van der Waals surface area contributed by atoms with Gasteiger partial charge in [-0.2, -0.15) is 0 Å². The lowest BCUT2D eigenvalue weighted by atomic mass is 10.0. The van der Waals surface area contributed by atoms with Gasteiger partial charge in [0.15, 0.2) is 0 Å². The lowest BCUT2D eigenvalue weighted by Gasteiger charge is -2.09. The molecule has 0 saturated heterocycles. The van der Waals surface area contributed by atoms with Crippen LogP contribution in [0.1, 0.15) is 77.6 Å². The number of carboxylic acids is 1. The predicted octanol–water partition coefficient (Wildman–Crippen LogP) is 3.29. The second-order valence-electron chi connectivity index (χ2n) is 5.53. The minimum atomic E-state index is -1.62. The molecule has 0 aliphatic carbocycles. The van der Waals surface area contributed by atoms with Gasteiger partial charge in [0.25, 0.3) is 0 Å². The fourth-order valence-corrected chi connectivity index (χ4v) is 2.18. The van der Waals surface area contributed by atoms with Crippen molar-refractivity contribution in [1.29, 1.82) is 0 Å². The van der Waals surface area contributed by atoms with Gasteiger partial charge >= 0.3 is 11.9 Å². The Bertz CT molecular complexity index is 278. The largest absolute Gasteiger partial charge is 0.473 e. The molecular formula is C16H30O5. The average molecular weight is 302 g/mol. The minimum Gasteiger partial charge on any atom is -0.473 e. The summed E-state index contributed by atoms with van der Waals surface area (Å²) in [7, 11) is 0. The van der Waals surface area contributed by atoms with E-state index in [2.05, 4.69) is 11.7 Å². The molecule has 1 atom stereocenters. The number of carbonyl (C=O) groups is 2. The van der Waals surface area contributed by atoms with Crippen molar-refractivity contribution in [3.05, 3.63) is 0 Å². The Kier molecular flexibility index (Phi) is 13.1. The van der Waals surface area contributed by atoms with E-state index < -0.39 is 18.0 Å². The normalized spacial score (nSPS) is 12.1. The van der Waals surface area contributed by atoms with Crippen molar-refractivity contribution in [2.75, 3.05) is 6.61 Å². The third-order valence-electron chi connectivity index (χ3n) is 3.47. The van der Waals surface area contributed by atoms with Gasteiger partial charge in [-0.15, -0.1) is 0 Å². The first-order chi connectivity index (χ1) is 10.1. The monoisotopic (exact) mass is 302 g/mol. The summed E-state index contributed by atoms with van der Waals surface area (Å²) in [5, 5.41) is 17.8. The van der Waals surface area contributed by atoms with E-state index in [1.807, 2.05) is 0 Å². The third-order valence-corrected chi connectivity index (χ3v) is 3.47. The van der Waals surface area contributed by atoms with Crippen LogP contribution in [0.15, 0.2) is 0 Å². The van der Waals surface area contributed by atoms with Crippen LogP contribution in [0.3, 0.4) is 0 Å². The van der Waals surface area contributed by atoms with Crippen molar-refractivity contribution in [3.63, 3.8) is 0 Å². The molecule has 5 heteroatoms. The molecule has 2 N–H and O–H groups in total. The van der Waals surface area contributed by atoms with E-state index in [1.54, 1.807) is 0 Å². The molecule has 0 aliphatic heterocycles. The van der Waals surface area contributed by atoms with Crippen LogP contribution >= 0.6 is 0 Å². The topological polar surface area (TPSA) is 83.8 Å². The molecule has 0 radical (unpaired) electrons. The van der Waals surface area contributed by atoms with Crippen LogP contribution in [0, 0.1) is 0 Å². The second kappa shape index (κ2) is 13.9. The Morgan fingerprint density at radius 1 is 0.905 bits per heavy atom. The van der Waals surface area contributed by atoms with Crippen molar-refractivity contribution < 1.29 is 24.5 Å². The first kappa shape index (κ1) is 19.9. The number of rotatable bonds is 13. The van der Waals surface area contributed by atoms with Crippen LogP contribution < -0.4 is 0 Å². The smallest absolute Gasteiger partial charge is 0.417 e. The molecule has 0 heterocycles. The number of esters is 1. The zero-order valence-electron chi connectivity index (χ0n) is 13.2. The quantitative estimate of drug-likeness (QED) is 0.310. The van der Waals surface area contributed by atoms with Crippen LogP contribution in [-0.4, -0.2) is 34.9 Å². The van der Waals surface area contributed by atoms with Gasteiger partial charge in [-0.3, -0.25) is 0 Å². The first-order valence-corrected chi connectivity index (χ1v) is 8.16. The molecule has 124 valence electrons. The van der Waals surface area contributed by atoms with Crippen LogP contribution in [0.4, 0.5) is 0 Å². The Morgan fingerprint density at radius 3 is 1.86 bits per heavy atom. The Hall–Kier alpha value is -1.10. The highest BCUT2D eigenvalue weighted by molar-refractivity contribution is 6.28. The number of carbonyl (C=O) groups excluding carboxylic acids is 1. The summed E-state index contributed by atoms with van der Waals surface area (Å²) in [6, 6.07) is 0. The number of hydrogen-bond donors (Lipinski definition) is 2. The van der Waals surface area contributed by atoms with E-state index >= 15 is 0 Å². The molecule has 0 saturated carbocycles. The molecule has 21 heavy (non-hydrogen) atoms. The summed E-state index contributed by atoms with van der Waals surface area (Å²) in [4.78, 5) is 20.9. The van der Waals surface area contributed by atoms with Crippen molar-refractivity contribution >= 4 is 11.9 Å². The van der Waals surface area contributed by atoms with Crippen LogP contribution in [-0.2, 0) is 14.3 Å². The molecule has 0 bridgehead atoms. The molecule has 0 aromatic rings. The Morgan fingerprint density at radius 2 is 1.38 bits per heavy atom. The van der Waals surface area contributed by atoms with Crippen molar-refractivity contribution in [2.45, 2.75) is 83.7 Å². The van der Waals surface area contributed by atoms with E-state index in [1.165, 1.54) is 44.9 Å². The lowest BCUT2D eigenvalue weighted by Crippen LogP contribution is -2.23. The number of aliphatic hydroxyl groups excluding tert-OH is 1. The number of aliphatic hydroxyl groups is 1. The molecule has 0 rings (SSSR count). The van der Waals surface area contributed by atoms with Gasteiger partial charge in [0.1, 0.15) is 6.61 Å². The Balaban J connectivity index is 3.27. The van der Waals surface area contributed by atoms with E-state index in [-0.39, 0.29) is 6.61 Å². The van der Waals surface area contributed by atoms with Crippen LogP contribution in [0.5, 0.6) is 0 Å². The van der Waals surface area contributed by atoms with Gasteiger partial charge < -0.3 is 14.9 Å². The fraction of sp³-hybridized carbons (Fsp3) is 0.875. The maximum absolute atomic E-state index is 10.7. The minimum absolute atomic E-state index is 0.234. The first-order valence-electron chi connectivity index (χ1n) is 8.16. The number of aliphatic carboxylic acids is 1. The summed E-state index contributed by atoms with van der Waals surface area (Å²) >= 11 is 0. The van der Waals surface area contributed by atoms with Crippen molar-refractivity contribution in [2.24, 2.45) is 0 Å². The summed E-state index contributed by atoms with van der Waals surface area (Å²) in [5.41, 5.74) is 0. The maximum atomic E-state index is 10.7. The molecule has 5 nitrogen and oxygen atoms in total. The lowest BCUT2D eigenvalue weighted by molar-refractivity contribution is -0.165. The van der Waals surface area contributed by atoms with E-state index in [9.17, 15) is 14.7 Å². The van der Waals surface area contributed by atoms with E-state index in [0.717, 1.165) is 19.3 Å². The van der Waals surface area contributed by atoms with Gasteiger partial charge in [-0.1, -0.05) is 71.1 Å². The molecule has 0 fully saturated rings. The highest BCUT2D eigenvalue weighted by Gasteiger charge is 2.14. The molecular weight excluding hydrogens is 272 g/mol. The highest BCUT2D eigenvalue weighted by Crippen LogP contribution is 2.12. The highest BCUT2D eigenvalue weighted by atomic mass is 16.6. The number of ether oxygens (including phenoxy) is 1. The SMILES string of the molecule is CCCCCCCCCCCCC(O)COC(=O)C(=O)O. The van der Waals surface area contributed by atoms with Crippen LogP contribution in [0.25, 0.3) is 0 Å². The molecule has 0 aliphatic rings. The maximum Gasteiger partial charge on any atom is 0.417 e. The zero-order chi connectivity index (χ0) is 15.9. The predicted molar refractivity (Wildman–Crippen MR) is 81.1 cm³/mol. The summed E-state index contributed by atoms with van der Waals surface area (Å²) in [5.74, 6) is -2.93. The summed E-state index contributed by atoms with van der Waals surface area (Å²) in [6.45, 7) is 1.99. The molecule has 0 amide bonds. The fourth-order valence-electron chi connectivity index (χ4n) is 2.18. The number of unbranched alkanes of at least 4 members (excludes halogenated alkanes) is 9.